The molecular weight excluding hydrogens is 392 g/mol. The summed E-state index contributed by atoms with van der Waals surface area (Å²) in [5.74, 6) is 1.70. The highest BCUT2D eigenvalue weighted by atomic mass is 16.5. The Morgan fingerprint density at radius 3 is 2.52 bits per heavy atom. The second-order valence-corrected chi connectivity index (χ2v) is 8.51. The first-order valence-electron chi connectivity index (χ1n) is 11.1. The summed E-state index contributed by atoms with van der Waals surface area (Å²) in [5.41, 5.74) is 4.71. The van der Waals surface area contributed by atoms with Crippen molar-refractivity contribution in [3.8, 4) is 5.88 Å². The molecule has 0 bridgehead atoms. The highest BCUT2D eigenvalue weighted by molar-refractivity contribution is 5.81. The van der Waals surface area contributed by atoms with Crippen molar-refractivity contribution in [1.82, 2.24) is 15.2 Å². The molecular formula is C24H34N4O3. The van der Waals surface area contributed by atoms with Crippen LogP contribution in [0.4, 0.5) is 5.82 Å². The van der Waals surface area contributed by atoms with Gasteiger partial charge in [-0.3, -0.25) is 4.79 Å². The van der Waals surface area contributed by atoms with Crippen molar-refractivity contribution in [2.45, 2.75) is 73.0 Å². The second kappa shape index (κ2) is 10.2. The maximum atomic E-state index is 12.7. The zero-order valence-corrected chi connectivity index (χ0v) is 19.6. The fourth-order valence-corrected chi connectivity index (χ4v) is 4.12. The minimum absolute atomic E-state index is 0.172. The summed E-state index contributed by atoms with van der Waals surface area (Å²) in [4.78, 5) is 19.3. The van der Waals surface area contributed by atoms with Gasteiger partial charge in [0.15, 0.2) is 5.82 Å². The summed E-state index contributed by atoms with van der Waals surface area (Å²) < 4.78 is 11.4. The Labute approximate surface area is 185 Å². The number of aromatic nitrogens is 3. The van der Waals surface area contributed by atoms with E-state index in [1.807, 2.05) is 26.8 Å². The molecule has 31 heavy (non-hydrogen) atoms. The average molecular weight is 427 g/mol. The predicted molar refractivity (Wildman–Crippen MR) is 121 cm³/mol. The van der Waals surface area contributed by atoms with E-state index < -0.39 is 0 Å². The fraction of sp³-hybridized carbons (Fsp3) is 0.583. The van der Waals surface area contributed by atoms with Crippen molar-refractivity contribution < 1.29 is 14.3 Å². The Hall–Kier alpha value is -2.54. The first kappa shape index (κ1) is 23.1. The van der Waals surface area contributed by atoms with Crippen LogP contribution in [-0.2, 0) is 22.4 Å². The van der Waals surface area contributed by atoms with Crippen LogP contribution in [-0.4, -0.2) is 52.9 Å². The molecule has 2 aromatic heterocycles. The molecule has 168 valence electrons. The Kier molecular flexibility index (Phi) is 7.59. The molecule has 3 rings (SSSR count). The van der Waals surface area contributed by atoms with Crippen LogP contribution in [0.2, 0.25) is 0 Å². The Morgan fingerprint density at radius 1 is 1.16 bits per heavy atom. The summed E-state index contributed by atoms with van der Waals surface area (Å²) in [6.07, 6.45) is 1.74. The van der Waals surface area contributed by atoms with Crippen LogP contribution in [0.25, 0.3) is 0 Å². The molecule has 0 N–H and O–H groups in total. The van der Waals surface area contributed by atoms with Crippen molar-refractivity contribution in [3.05, 3.63) is 40.2 Å². The van der Waals surface area contributed by atoms with Gasteiger partial charge in [-0.1, -0.05) is 0 Å². The minimum Gasteiger partial charge on any atom is -0.478 e. The van der Waals surface area contributed by atoms with Crippen molar-refractivity contribution >= 4 is 11.6 Å². The first-order valence-corrected chi connectivity index (χ1v) is 11.1. The van der Waals surface area contributed by atoms with Gasteiger partial charge in [-0.15, -0.1) is 5.10 Å². The number of aryl methyl sites for hydroxylation is 3. The van der Waals surface area contributed by atoms with E-state index in [2.05, 4.69) is 46.9 Å². The molecule has 0 unspecified atom stereocenters. The van der Waals surface area contributed by atoms with Crippen LogP contribution in [0.1, 0.15) is 55.3 Å². The van der Waals surface area contributed by atoms with Crippen LogP contribution in [0.5, 0.6) is 5.88 Å². The number of pyridine rings is 1. The molecule has 2 aromatic rings. The highest BCUT2D eigenvalue weighted by Crippen LogP contribution is 2.23. The molecule has 1 saturated heterocycles. The van der Waals surface area contributed by atoms with E-state index in [0.717, 1.165) is 47.0 Å². The Morgan fingerprint density at radius 2 is 1.87 bits per heavy atom. The maximum Gasteiger partial charge on any atom is 0.216 e. The van der Waals surface area contributed by atoms with E-state index in [0.29, 0.717) is 31.7 Å². The van der Waals surface area contributed by atoms with Gasteiger partial charge in [0, 0.05) is 37.2 Å². The first-order chi connectivity index (χ1) is 14.8. The molecule has 0 radical (unpaired) electrons. The maximum absolute atomic E-state index is 12.7. The topological polar surface area (TPSA) is 77.4 Å². The third-order valence-electron chi connectivity index (χ3n) is 5.52. The molecule has 0 aromatic carbocycles. The number of carbonyl (C=O) groups is 1. The van der Waals surface area contributed by atoms with Gasteiger partial charge in [0.05, 0.1) is 24.5 Å². The van der Waals surface area contributed by atoms with E-state index in [9.17, 15) is 4.79 Å². The normalized spacial score (nSPS) is 18.8. The predicted octanol–water partition coefficient (Wildman–Crippen LogP) is 3.55. The van der Waals surface area contributed by atoms with Crippen molar-refractivity contribution in [1.29, 1.82) is 0 Å². The molecule has 3 heterocycles. The van der Waals surface area contributed by atoms with E-state index >= 15 is 0 Å². The molecule has 7 heteroatoms. The van der Waals surface area contributed by atoms with Crippen molar-refractivity contribution in [3.63, 3.8) is 0 Å². The zero-order valence-electron chi connectivity index (χ0n) is 19.6. The number of Topliss-reactive ketones (excluding diaryl/α,β-unsaturated/α-hetero) is 1. The number of carbonyl (C=O) groups excluding carboxylic acids is 1. The average Bonchev–Trinajstić information content (AvgIpc) is 2.69. The Balaban J connectivity index is 1.61. The smallest absolute Gasteiger partial charge is 0.216 e. The van der Waals surface area contributed by atoms with Crippen LogP contribution in [0, 0.1) is 20.8 Å². The largest absolute Gasteiger partial charge is 0.478 e. The molecule has 7 nitrogen and oxygen atoms in total. The molecule has 1 aliphatic heterocycles. The van der Waals surface area contributed by atoms with Crippen molar-refractivity contribution in [2.75, 3.05) is 24.6 Å². The lowest BCUT2D eigenvalue weighted by atomic mass is 10.0. The zero-order chi connectivity index (χ0) is 22.5. The third kappa shape index (κ3) is 6.00. The molecule has 1 aliphatic rings. The number of hydrogen-bond donors (Lipinski definition) is 0. The fourth-order valence-electron chi connectivity index (χ4n) is 4.12. The molecule has 0 amide bonds. The minimum atomic E-state index is 0.172. The van der Waals surface area contributed by atoms with Gasteiger partial charge in [-0.2, -0.15) is 5.10 Å². The lowest BCUT2D eigenvalue weighted by Gasteiger charge is -2.36. The van der Waals surface area contributed by atoms with Crippen molar-refractivity contribution in [2.24, 2.45) is 0 Å². The van der Waals surface area contributed by atoms with E-state index in [-0.39, 0.29) is 18.0 Å². The Bertz CT molecular complexity index is 921. The SMILES string of the molecule is CCOc1nc(C)cc(CC(=O)CCc2cc(C)c(N3C[C@@H](C)O[C@@H](C)C3)nn2)c1C. The van der Waals surface area contributed by atoms with Crippen LogP contribution in [0.3, 0.4) is 0 Å². The van der Waals surface area contributed by atoms with Crippen LogP contribution in [0.15, 0.2) is 12.1 Å². The van der Waals surface area contributed by atoms with E-state index in [1.165, 1.54) is 0 Å². The lowest BCUT2D eigenvalue weighted by Crippen LogP contribution is -2.46. The molecule has 0 aliphatic carbocycles. The quantitative estimate of drug-likeness (QED) is 0.639. The summed E-state index contributed by atoms with van der Waals surface area (Å²) in [7, 11) is 0. The molecule has 0 saturated carbocycles. The lowest BCUT2D eigenvalue weighted by molar-refractivity contribution is -0.118. The molecule has 2 atom stereocenters. The number of nitrogens with zero attached hydrogens (tertiary/aromatic N) is 4. The van der Waals surface area contributed by atoms with Crippen LogP contribution >= 0.6 is 0 Å². The monoisotopic (exact) mass is 426 g/mol. The van der Waals surface area contributed by atoms with E-state index in [1.54, 1.807) is 0 Å². The van der Waals surface area contributed by atoms with Gasteiger partial charge < -0.3 is 14.4 Å². The van der Waals surface area contributed by atoms with Gasteiger partial charge in [0.2, 0.25) is 5.88 Å². The second-order valence-electron chi connectivity index (χ2n) is 8.51. The number of anilines is 1. The van der Waals surface area contributed by atoms with Gasteiger partial charge in [0.25, 0.3) is 0 Å². The number of morpholine rings is 1. The molecule has 1 fully saturated rings. The number of rotatable bonds is 8. The van der Waals surface area contributed by atoms with Gasteiger partial charge in [-0.25, -0.2) is 4.98 Å². The molecule has 0 spiro atoms. The standard InChI is InChI=1S/C24H34N4O3/c1-7-30-24-19(6)20(11-16(3)25-24)12-22(29)9-8-21-10-15(2)23(27-26-21)28-13-17(4)31-18(5)14-28/h10-11,17-18H,7-9,12-14H2,1-6H3/t17-,18+. The third-order valence-corrected chi connectivity index (χ3v) is 5.52. The van der Waals surface area contributed by atoms with E-state index in [4.69, 9.17) is 9.47 Å². The van der Waals surface area contributed by atoms with Gasteiger partial charge in [0.1, 0.15) is 5.78 Å². The summed E-state index contributed by atoms with van der Waals surface area (Å²) in [6, 6.07) is 4.02. The number of ketones is 1. The summed E-state index contributed by atoms with van der Waals surface area (Å²) >= 11 is 0. The van der Waals surface area contributed by atoms with Crippen LogP contribution < -0.4 is 9.64 Å². The van der Waals surface area contributed by atoms with Gasteiger partial charge in [-0.05, 0) is 71.2 Å². The number of ether oxygens (including phenoxy) is 2. The summed E-state index contributed by atoms with van der Waals surface area (Å²) in [5, 5.41) is 8.87. The highest BCUT2D eigenvalue weighted by Gasteiger charge is 2.24. The van der Waals surface area contributed by atoms with Gasteiger partial charge >= 0.3 is 0 Å². The summed E-state index contributed by atoms with van der Waals surface area (Å²) in [6.45, 7) is 14.2. The number of hydrogen-bond acceptors (Lipinski definition) is 7.